The molecular weight excluding hydrogens is 492 g/mol. The quantitative estimate of drug-likeness (QED) is 0.196. The zero-order valence-electron chi connectivity index (χ0n) is 24.1. The Morgan fingerprint density at radius 3 is 1.54 bits per heavy atom. The number of fused-ring (bicyclic) bond motifs is 3. The van der Waals surface area contributed by atoms with Gasteiger partial charge in [-0.15, -0.1) is 0 Å². The topological polar surface area (TPSA) is 0 Å². The lowest BCUT2D eigenvalue weighted by Gasteiger charge is -2.06. The van der Waals surface area contributed by atoms with Gasteiger partial charge in [-0.2, -0.15) is 0 Å². The average Bonchev–Trinajstić information content (AvgIpc) is 3.03. The Kier molecular flexibility index (Phi) is 9.04. The van der Waals surface area contributed by atoms with Gasteiger partial charge in [0.15, 0.2) is 0 Å². The molecule has 0 spiro atoms. The van der Waals surface area contributed by atoms with Crippen LogP contribution in [-0.4, -0.2) is 0 Å². The van der Waals surface area contributed by atoms with Crippen LogP contribution in [0, 0.1) is 20.8 Å². The summed E-state index contributed by atoms with van der Waals surface area (Å²) in [6.07, 6.45) is 0. The van der Waals surface area contributed by atoms with Gasteiger partial charge in [-0.25, -0.2) is 0 Å². The lowest BCUT2D eigenvalue weighted by molar-refractivity contribution is 1.46. The number of aryl methyl sites for hydroxylation is 3. The maximum absolute atomic E-state index is 2.26. The largest absolute Gasteiger partial charge is 0.0622 e. The first-order valence-electron chi connectivity index (χ1n) is 14.2. The van der Waals surface area contributed by atoms with Crippen LogP contribution in [0.5, 0.6) is 0 Å². The maximum Gasteiger partial charge on any atom is -0.0103 e. The molecule has 0 bridgehead atoms. The van der Waals surface area contributed by atoms with E-state index < -0.39 is 0 Å². The summed E-state index contributed by atoms with van der Waals surface area (Å²) >= 11 is 0. The summed E-state index contributed by atoms with van der Waals surface area (Å²) in [7, 11) is 0. The molecule has 0 unspecified atom stereocenters. The van der Waals surface area contributed by atoms with Gasteiger partial charge in [-0.3, -0.25) is 0 Å². The summed E-state index contributed by atoms with van der Waals surface area (Å²) < 4.78 is 0. The van der Waals surface area contributed by atoms with Crippen molar-refractivity contribution in [1.29, 1.82) is 0 Å². The summed E-state index contributed by atoms with van der Waals surface area (Å²) in [5.74, 6) is 0. The van der Waals surface area contributed by atoms with Crippen LogP contribution >= 0.6 is 0 Å². The van der Waals surface area contributed by atoms with Gasteiger partial charge in [0.2, 0.25) is 0 Å². The molecule has 41 heavy (non-hydrogen) atoms. The highest BCUT2D eigenvalue weighted by atomic mass is 14.1. The first kappa shape index (κ1) is 27.6. The van der Waals surface area contributed by atoms with Gasteiger partial charge in [0.05, 0.1) is 0 Å². The predicted molar refractivity (Wildman–Crippen MR) is 179 cm³/mol. The van der Waals surface area contributed by atoms with Crippen LogP contribution in [0.2, 0.25) is 0 Å². The molecule has 7 aromatic rings. The third-order valence-electron chi connectivity index (χ3n) is 7.33. The van der Waals surface area contributed by atoms with E-state index in [4.69, 9.17) is 0 Å². The van der Waals surface area contributed by atoms with Gasteiger partial charge in [-0.05, 0) is 75.7 Å². The second-order valence-electron chi connectivity index (χ2n) is 10.4. The molecule has 0 aliphatic heterocycles. The number of benzene rings is 7. The van der Waals surface area contributed by atoms with Gasteiger partial charge in [0.25, 0.3) is 0 Å². The molecule has 7 aromatic carbocycles. The first-order chi connectivity index (χ1) is 20.1. The molecule has 0 heterocycles. The molecule has 7 rings (SSSR count). The Morgan fingerprint density at radius 2 is 0.854 bits per heavy atom. The van der Waals surface area contributed by atoms with Crippen molar-refractivity contribution in [3.05, 3.63) is 180 Å². The van der Waals surface area contributed by atoms with E-state index in [1.165, 1.54) is 60.5 Å². The van der Waals surface area contributed by atoms with E-state index in [0.717, 1.165) is 0 Å². The van der Waals surface area contributed by atoms with E-state index in [2.05, 4.69) is 172 Å². The van der Waals surface area contributed by atoms with E-state index in [1.807, 2.05) is 12.1 Å². The van der Waals surface area contributed by atoms with Crippen molar-refractivity contribution >= 4 is 21.5 Å². The lowest BCUT2D eigenvalue weighted by Crippen LogP contribution is -1.81. The highest BCUT2D eigenvalue weighted by Crippen LogP contribution is 2.28. The number of hydrogen-bond donors (Lipinski definition) is 0. The van der Waals surface area contributed by atoms with Crippen molar-refractivity contribution in [2.75, 3.05) is 0 Å². The Labute approximate surface area is 244 Å². The molecule has 0 saturated heterocycles. The molecule has 0 radical (unpaired) electrons. The van der Waals surface area contributed by atoms with Crippen molar-refractivity contribution in [2.45, 2.75) is 20.8 Å². The third-order valence-corrected chi connectivity index (χ3v) is 7.33. The van der Waals surface area contributed by atoms with Gasteiger partial charge >= 0.3 is 0 Å². The van der Waals surface area contributed by atoms with Crippen molar-refractivity contribution < 1.29 is 0 Å². The number of rotatable bonds is 2. The van der Waals surface area contributed by atoms with Crippen molar-refractivity contribution in [2.24, 2.45) is 0 Å². The Balaban J connectivity index is 0.000000124. The highest BCUT2D eigenvalue weighted by Gasteiger charge is 2.02. The van der Waals surface area contributed by atoms with Gasteiger partial charge < -0.3 is 0 Å². The number of hydrogen-bond acceptors (Lipinski definition) is 0. The molecule has 0 amide bonds. The first-order valence-corrected chi connectivity index (χ1v) is 14.2. The zero-order chi connectivity index (χ0) is 28.4. The fraction of sp³-hybridized carbons (Fsp3) is 0.0732. The zero-order valence-corrected chi connectivity index (χ0v) is 24.1. The maximum atomic E-state index is 2.26. The molecule has 0 aromatic heterocycles. The minimum atomic E-state index is 1.28. The monoisotopic (exact) mass is 528 g/mol. The predicted octanol–water partition coefficient (Wildman–Crippen LogP) is 11.6. The normalized spacial score (nSPS) is 10.3. The minimum absolute atomic E-state index is 1.28. The second-order valence-corrected chi connectivity index (χ2v) is 10.4. The van der Waals surface area contributed by atoms with E-state index in [9.17, 15) is 0 Å². The Hall–Kier alpha value is -4.94. The second kappa shape index (κ2) is 13.4. The van der Waals surface area contributed by atoms with E-state index in [0.29, 0.717) is 0 Å². The summed E-state index contributed by atoms with van der Waals surface area (Å²) in [6, 6.07) is 57.3. The molecule has 0 saturated carbocycles. The molecule has 0 N–H and O–H groups in total. The SMILES string of the molecule is Cc1cc2ccccc2c2ccccc12.Cc1cccc(-c2ccccc2)c1.Cc1ccccc1-c1ccccc1. The molecule has 0 heteroatoms. The smallest absolute Gasteiger partial charge is 0.0103 e. The van der Waals surface area contributed by atoms with Crippen LogP contribution in [0.1, 0.15) is 16.7 Å². The average molecular weight is 529 g/mol. The standard InChI is InChI=1S/C15H12.2C13H12/c1-11-10-12-6-2-3-8-14(12)15-9-5-4-7-13(11)15;1-11-7-5-6-10-13(11)12-8-3-2-4-9-12;1-11-6-5-9-13(10-11)12-7-3-2-4-8-12/h2-10H,1H3;2*2-10H,1H3. The molecule has 0 fully saturated rings. The van der Waals surface area contributed by atoms with E-state index >= 15 is 0 Å². The Bertz CT molecular complexity index is 1850. The summed E-state index contributed by atoms with van der Waals surface area (Å²) in [4.78, 5) is 0. The summed E-state index contributed by atoms with van der Waals surface area (Å²) in [5.41, 5.74) is 9.18. The fourth-order valence-electron chi connectivity index (χ4n) is 5.21. The van der Waals surface area contributed by atoms with Crippen molar-refractivity contribution in [3.8, 4) is 22.3 Å². The van der Waals surface area contributed by atoms with Crippen LogP contribution in [0.25, 0.3) is 43.8 Å². The molecule has 0 aliphatic carbocycles. The lowest BCUT2D eigenvalue weighted by atomic mass is 9.98. The van der Waals surface area contributed by atoms with E-state index in [1.54, 1.807) is 0 Å². The van der Waals surface area contributed by atoms with Crippen LogP contribution in [0.4, 0.5) is 0 Å². The van der Waals surface area contributed by atoms with Gasteiger partial charge in [-0.1, -0.05) is 169 Å². The minimum Gasteiger partial charge on any atom is -0.0622 e. The van der Waals surface area contributed by atoms with E-state index in [-0.39, 0.29) is 0 Å². The van der Waals surface area contributed by atoms with Crippen LogP contribution in [0.3, 0.4) is 0 Å². The van der Waals surface area contributed by atoms with Crippen LogP contribution in [0.15, 0.2) is 164 Å². The summed E-state index contributed by atoms with van der Waals surface area (Å²) in [6.45, 7) is 6.43. The molecule has 0 aliphatic rings. The van der Waals surface area contributed by atoms with Crippen molar-refractivity contribution in [3.63, 3.8) is 0 Å². The fourth-order valence-corrected chi connectivity index (χ4v) is 5.21. The van der Waals surface area contributed by atoms with Gasteiger partial charge in [0.1, 0.15) is 0 Å². The highest BCUT2D eigenvalue weighted by molar-refractivity contribution is 6.08. The molecule has 200 valence electrons. The Morgan fingerprint density at radius 1 is 0.317 bits per heavy atom. The molecular formula is C41H36. The third kappa shape index (κ3) is 6.99. The summed E-state index contributed by atoms with van der Waals surface area (Å²) in [5, 5.41) is 5.39. The van der Waals surface area contributed by atoms with Crippen LogP contribution in [-0.2, 0) is 0 Å². The molecule has 0 atom stereocenters. The van der Waals surface area contributed by atoms with Crippen LogP contribution < -0.4 is 0 Å². The van der Waals surface area contributed by atoms with Gasteiger partial charge in [0, 0.05) is 0 Å². The molecule has 0 nitrogen and oxygen atoms in total. The van der Waals surface area contributed by atoms with Crippen molar-refractivity contribution in [1.82, 2.24) is 0 Å².